The summed E-state index contributed by atoms with van der Waals surface area (Å²) < 4.78 is 23.2. The lowest BCUT2D eigenvalue weighted by Gasteiger charge is -2.08. The summed E-state index contributed by atoms with van der Waals surface area (Å²) in [5.74, 6) is 0.273. The molecule has 2 rings (SSSR count). The van der Waals surface area contributed by atoms with Gasteiger partial charge in [0.05, 0.1) is 10.5 Å². The summed E-state index contributed by atoms with van der Waals surface area (Å²) >= 11 is 3.26. The summed E-state index contributed by atoms with van der Waals surface area (Å²) in [5, 5.41) is 8.00. The zero-order valence-corrected chi connectivity index (χ0v) is 13.5. The summed E-state index contributed by atoms with van der Waals surface area (Å²) in [6, 6.07) is 4.39. The number of hydrogen-bond donors (Lipinski definition) is 2. The minimum Gasteiger partial charge on any atom is -0.349 e. The van der Waals surface area contributed by atoms with Crippen LogP contribution in [0, 0.1) is 5.92 Å². The first kappa shape index (κ1) is 15.5. The highest BCUT2D eigenvalue weighted by atomic mass is 79.9. The van der Waals surface area contributed by atoms with E-state index in [1.807, 2.05) is 0 Å². The monoisotopic (exact) mass is 360 g/mol. The van der Waals surface area contributed by atoms with Crippen molar-refractivity contribution in [1.82, 2.24) is 5.32 Å². The van der Waals surface area contributed by atoms with Gasteiger partial charge in [0.25, 0.3) is 5.91 Å². The second kappa shape index (κ2) is 5.83. The van der Waals surface area contributed by atoms with Crippen LogP contribution in [0.15, 0.2) is 27.6 Å². The van der Waals surface area contributed by atoms with Crippen molar-refractivity contribution in [3.8, 4) is 0 Å². The first-order valence-electron chi connectivity index (χ1n) is 6.46. The molecule has 2 atom stereocenters. The van der Waals surface area contributed by atoms with Gasteiger partial charge in [-0.3, -0.25) is 4.79 Å². The number of nitrogens with two attached hydrogens (primary N) is 1. The standard InChI is InChI=1S/C13H17BrN2O3S/c1-2-3-8-6-12(8)16-13(17)10-7-9(20(15,18)19)4-5-11(10)14/h4-5,7-8,12H,2-3,6H2,1H3,(H,16,17)(H2,15,18,19). The van der Waals surface area contributed by atoms with Crippen molar-refractivity contribution in [3.05, 3.63) is 28.2 Å². The van der Waals surface area contributed by atoms with E-state index in [9.17, 15) is 13.2 Å². The molecule has 1 amide bonds. The van der Waals surface area contributed by atoms with Gasteiger partial charge in [-0.05, 0) is 52.9 Å². The van der Waals surface area contributed by atoms with Crippen LogP contribution in [0.25, 0.3) is 0 Å². The van der Waals surface area contributed by atoms with Crippen molar-refractivity contribution in [2.24, 2.45) is 11.1 Å². The van der Waals surface area contributed by atoms with Crippen molar-refractivity contribution in [2.75, 3.05) is 0 Å². The number of nitrogens with one attached hydrogen (secondary N) is 1. The number of benzene rings is 1. The first-order valence-corrected chi connectivity index (χ1v) is 8.80. The highest BCUT2D eigenvalue weighted by molar-refractivity contribution is 9.10. The van der Waals surface area contributed by atoms with Crippen molar-refractivity contribution >= 4 is 31.9 Å². The molecule has 5 nitrogen and oxygen atoms in total. The van der Waals surface area contributed by atoms with Crippen LogP contribution >= 0.6 is 15.9 Å². The van der Waals surface area contributed by atoms with Crippen molar-refractivity contribution in [2.45, 2.75) is 37.1 Å². The molecule has 1 aromatic carbocycles. The molecule has 1 fully saturated rings. The highest BCUT2D eigenvalue weighted by Crippen LogP contribution is 2.35. The zero-order chi connectivity index (χ0) is 14.9. The van der Waals surface area contributed by atoms with Gasteiger partial charge >= 0.3 is 0 Å². The number of rotatable bonds is 5. The third-order valence-electron chi connectivity index (χ3n) is 3.41. The smallest absolute Gasteiger partial charge is 0.252 e. The van der Waals surface area contributed by atoms with E-state index in [0.717, 1.165) is 19.3 Å². The van der Waals surface area contributed by atoms with E-state index >= 15 is 0 Å². The molecule has 0 radical (unpaired) electrons. The maximum Gasteiger partial charge on any atom is 0.252 e. The Morgan fingerprint density at radius 2 is 2.20 bits per heavy atom. The van der Waals surface area contributed by atoms with Gasteiger partial charge in [0.1, 0.15) is 0 Å². The number of amides is 1. The summed E-state index contributed by atoms with van der Waals surface area (Å²) in [6.07, 6.45) is 3.19. The van der Waals surface area contributed by atoms with Crippen LogP contribution in [0.2, 0.25) is 0 Å². The molecule has 0 aliphatic heterocycles. The highest BCUT2D eigenvalue weighted by Gasteiger charge is 2.37. The van der Waals surface area contributed by atoms with Crippen molar-refractivity contribution < 1.29 is 13.2 Å². The zero-order valence-electron chi connectivity index (χ0n) is 11.1. The Morgan fingerprint density at radius 1 is 1.50 bits per heavy atom. The average Bonchev–Trinajstić information content (AvgIpc) is 3.06. The molecule has 0 spiro atoms. The van der Waals surface area contributed by atoms with Gasteiger partial charge in [-0.25, -0.2) is 13.6 Å². The fourth-order valence-electron chi connectivity index (χ4n) is 2.22. The molecule has 0 bridgehead atoms. The minimum absolute atomic E-state index is 0.0632. The predicted octanol–water partition coefficient (Wildman–Crippen LogP) is 2.01. The molecular formula is C13H17BrN2O3S. The second-order valence-corrected chi connectivity index (χ2v) is 7.47. The van der Waals surface area contributed by atoms with E-state index < -0.39 is 10.0 Å². The number of hydrogen-bond acceptors (Lipinski definition) is 3. The van der Waals surface area contributed by atoms with E-state index in [2.05, 4.69) is 28.2 Å². The normalized spacial score (nSPS) is 21.6. The van der Waals surface area contributed by atoms with Crippen LogP contribution in [0.3, 0.4) is 0 Å². The van der Waals surface area contributed by atoms with E-state index in [1.54, 1.807) is 0 Å². The molecule has 20 heavy (non-hydrogen) atoms. The van der Waals surface area contributed by atoms with Gasteiger partial charge in [0, 0.05) is 10.5 Å². The van der Waals surface area contributed by atoms with Gasteiger partial charge < -0.3 is 5.32 Å². The molecule has 0 heterocycles. The fourth-order valence-corrected chi connectivity index (χ4v) is 3.18. The Hall–Kier alpha value is -0.920. The molecule has 0 aromatic heterocycles. The van der Waals surface area contributed by atoms with E-state index in [0.29, 0.717) is 16.0 Å². The molecule has 3 N–H and O–H groups in total. The Balaban J connectivity index is 2.14. The van der Waals surface area contributed by atoms with Gasteiger partial charge in [0.15, 0.2) is 0 Å². The molecular weight excluding hydrogens is 344 g/mol. The molecule has 1 aliphatic rings. The average molecular weight is 361 g/mol. The fraction of sp³-hybridized carbons (Fsp3) is 0.462. The second-order valence-electron chi connectivity index (χ2n) is 5.05. The van der Waals surface area contributed by atoms with Crippen LogP contribution in [-0.2, 0) is 10.0 Å². The van der Waals surface area contributed by atoms with Crippen LogP contribution in [0.4, 0.5) is 0 Å². The number of halogens is 1. The largest absolute Gasteiger partial charge is 0.349 e. The van der Waals surface area contributed by atoms with Crippen LogP contribution in [0.5, 0.6) is 0 Å². The number of sulfonamides is 1. The van der Waals surface area contributed by atoms with Crippen molar-refractivity contribution in [3.63, 3.8) is 0 Å². The molecule has 1 saturated carbocycles. The Labute approximate surface area is 127 Å². The summed E-state index contributed by atoms with van der Waals surface area (Å²) in [7, 11) is -3.81. The van der Waals surface area contributed by atoms with Gasteiger partial charge in [-0.2, -0.15) is 0 Å². The summed E-state index contributed by atoms with van der Waals surface area (Å²) in [6.45, 7) is 2.11. The SMILES string of the molecule is CCCC1CC1NC(=O)c1cc(S(N)(=O)=O)ccc1Br. The number of carbonyl (C=O) groups excluding carboxylic acids is 1. The maximum absolute atomic E-state index is 12.2. The number of primary sulfonamides is 1. The summed E-state index contributed by atoms with van der Waals surface area (Å²) in [5.41, 5.74) is 0.290. The van der Waals surface area contributed by atoms with E-state index in [-0.39, 0.29) is 16.8 Å². The van der Waals surface area contributed by atoms with Crippen LogP contribution in [-0.4, -0.2) is 20.4 Å². The maximum atomic E-state index is 12.2. The lowest BCUT2D eigenvalue weighted by molar-refractivity contribution is 0.0948. The van der Waals surface area contributed by atoms with E-state index in [1.165, 1.54) is 18.2 Å². The Kier molecular flexibility index (Phi) is 4.51. The lowest BCUT2D eigenvalue weighted by Crippen LogP contribution is -2.27. The third kappa shape index (κ3) is 3.59. The quantitative estimate of drug-likeness (QED) is 0.841. The van der Waals surface area contributed by atoms with Crippen LogP contribution in [0.1, 0.15) is 36.5 Å². The Bertz CT molecular complexity index is 631. The summed E-state index contributed by atoms with van der Waals surface area (Å²) in [4.78, 5) is 12.1. The topological polar surface area (TPSA) is 89.3 Å². The molecule has 0 saturated heterocycles. The molecule has 2 unspecified atom stereocenters. The Morgan fingerprint density at radius 3 is 2.80 bits per heavy atom. The van der Waals surface area contributed by atoms with E-state index in [4.69, 9.17) is 5.14 Å². The first-order chi connectivity index (χ1) is 9.32. The molecule has 1 aromatic rings. The van der Waals surface area contributed by atoms with Gasteiger partial charge in [0.2, 0.25) is 10.0 Å². The van der Waals surface area contributed by atoms with Crippen LogP contribution < -0.4 is 10.5 Å². The molecule has 1 aliphatic carbocycles. The van der Waals surface area contributed by atoms with Gasteiger partial charge in [-0.15, -0.1) is 0 Å². The molecule has 7 heteroatoms. The lowest BCUT2D eigenvalue weighted by atomic mass is 10.2. The number of carbonyl (C=O) groups is 1. The minimum atomic E-state index is -3.81. The molecule has 110 valence electrons. The third-order valence-corrected chi connectivity index (χ3v) is 5.01. The van der Waals surface area contributed by atoms with Gasteiger partial charge in [-0.1, -0.05) is 13.3 Å². The van der Waals surface area contributed by atoms with Crippen molar-refractivity contribution in [1.29, 1.82) is 0 Å². The predicted molar refractivity (Wildman–Crippen MR) is 79.8 cm³/mol.